The van der Waals surface area contributed by atoms with E-state index in [1.807, 2.05) is 4.57 Å². The van der Waals surface area contributed by atoms with Crippen molar-refractivity contribution in [1.82, 2.24) is 9.47 Å². The van der Waals surface area contributed by atoms with Crippen molar-refractivity contribution in [2.75, 3.05) is 19.6 Å². The van der Waals surface area contributed by atoms with Gasteiger partial charge in [-0.05, 0) is 39.4 Å². The van der Waals surface area contributed by atoms with Crippen LogP contribution in [0.25, 0.3) is 0 Å². The van der Waals surface area contributed by atoms with E-state index in [4.69, 9.17) is 0 Å². The van der Waals surface area contributed by atoms with Gasteiger partial charge in [0.1, 0.15) is 0 Å². The Morgan fingerprint density at radius 1 is 1.28 bits per heavy atom. The number of aromatic nitrogens is 1. The zero-order chi connectivity index (χ0) is 13.5. The van der Waals surface area contributed by atoms with E-state index >= 15 is 0 Å². The van der Waals surface area contributed by atoms with Crippen LogP contribution in [-0.4, -0.2) is 34.2 Å². The summed E-state index contributed by atoms with van der Waals surface area (Å²) in [6.07, 6.45) is 3.95. The molecule has 1 rings (SSSR count). The van der Waals surface area contributed by atoms with Crippen molar-refractivity contribution >= 4 is 0 Å². The van der Waals surface area contributed by atoms with Gasteiger partial charge in [0.05, 0.1) is 5.69 Å². The van der Waals surface area contributed by atoms with Crippen LogP contribution >= 0.6 is 0 Å². The SMILES string of the molecule is CCN(CC)CCCCn1ccc(=O)c(O)c1C. The molecule has 102 valence electrons. The Hall–Kier alpha value is -1.29. The van der Waals surface area contributed by atoms with E-state index in [0.717, 1.165) is 39.0 Å². The molecule has 1 aromatic heterocycles. The maximum atomic E-state index is 11.2. The Labute approximate surface area is 109 Å². The molecule has 1 heterocycles. The molecule has 0 amide bonds. The summed E-state index contributed by atoms with van der Waals surface area (Å²) in [4.78, 5) is 13.6. The smallest absolute Gasteiger partial charge is 0.223 e. The molecule has 0 spiro atoms. The lowest BCUT2D eigenvalue weighted by atomic mass is 10.2. The molecule has 4 heteroatoms. The largest absolute Gasteiger partial charge is 0.503 e. The van der Waals surface area contributed by atoms with Crippen LogP contribution in [0.4, 0.5) is 0 Å². The second-order valence-electron chi connectivity index (χ2n) is 4.54. The minimum atomic E-state index is -0.299. The second kappa shape index (κ2) is 7.21. The highest BCUT2D eigenvalue weighted by Crippen LogP contribution is 2.10. The average Bonchev–Trinajstić information content (AvgIpc) is 2.38. The van der Waals surface area contributed by atoms with E-state index < -0.39 is 0 Å². The van der Waals surface area contributed by atoms with Crippen LogP contribution in [-0.2, 0) is 6.54 Å². The average molecular weight is 252 g/mol. The number of hydrogen-bond acceptors (Lipinski definition) is 3. The van der Waals surface area contributed by atoms with Gasteiger partial charge in [0, 0.05) is 18.8 Å². The normalized spacial score (nSPS) is 11.1. The summed E-state index contributed by atoms with van der Waals surface area (Å²) in [6.45, 7) is 10.3. The molecule has 0 saturated carbocycles. The zero-order valence-corrected chi connectivity index (χ0v) is 11.6. The van der Waals surface area contributed by atoms with Gasteiger partial charge in [-0.25, -0.2) is 0 Å². The summed E-state index contributed by atoms with van der Waals surface area (Å²) < 4.78 is 1.94. The van der Waals surface area contributed by atoms with Gasteiger partial charge in [0.2, 0.25) is 5.43 Å². The topological polar surface area (TPSA) is 45.5 Å². The summed E-state index contributed by atoms with van der Waals surface area (Å²) in [6, 6.07) is 1.42. The number of pyridine rings is 1. The molecule has 0 radical (unpaired) electrons. The van der Waals surface area contributed by atoms with Crippen LogP contribution in [0.2, 0.25) is 0 Å². The second-order valence-corrected chi connectivity index (χ2v) is 4.54. The van der Waals surface area contributed by atoms with Crippen LogP contribution in [0.3, 0.4) is 0 Å². The molecule has 0 saturated heterocycles. The quantitative estimate of drug-likeness (QED) is 0.755. The highest BCUT2D eigenvalue weighted by molar-refractivity contribution is 5.25. The molecule has 0 aliphatic carbocycles. The van der Waals surface area contributed by atoms with Gasteiger partial charge < -0.3 is 14.6 Å². The molecule has 0 aliphatic rings. The van der Waals surface area contributed by atoms with Gasteiger partial charge in [0.25, 0.3) is 0 Å². The van der Waals surface area contributed by atoms with E-state index in [2.05, 4.69) is 18.7 Å². The fraction of sp³-hybridized carbons (Fsp3) is 0.643. The summed E-state index contributed by atoms with van der Waals surface area (Å²) in [7, 11) is 0. The van der Waals surface area contributed by atoms with Crippen molar-refractivity contribution in [2.45, 2.75) is 40.2 Å². The fourth-order valence-electron chi connectivity index (χ4n) is 2.06. The monoisotopic (exact) mass is 252 g/mol. The Morgan fingerprint density at radius 2 is 1.94 bits per heavy atom. The zero-order valence-electron chi connectivity index (χ0n) is 11.6. The first-order valence-electron chi connectivity index (χ1n) is 6.71. The lowest BCUT2D eigenvalue weighted by Gasteiger charge is -2.18. The summed E-state index contributed by atoms with van der Waals surface area (Å²) in [5.41, 5.74) is 0.359. The van der Waals surface area contributed by atoms with Crippen molar-refractivity contribution in [3.8, 4) is 5.75 Å². The first kappa shape index (κ1) is 14.8. The van der Waals surface area contributed by atoms with Crippen LogP contribution < -0.4 is 5.43 Å². The molecule has 1 aromatic rings. The first-order valence-corrected chi connectivity index (χ1v) is 6.71. The van der Waals surface area contributed by atoms with Gasteiger partial charge in [-0.2, -0.15) is 0 Å². The Balaban J connectivity index is 2.45. The molecule has 0 atom stereocenters. The lowest BCUT2D eigenvalue weighted by molar-refractivity contribution is 0.294. The van der Waals surface area contributed by atoms with Gasteiger partial charge in [-0.3, -0.25) is 4.79 Å². The van der Waals surface area contributed by atoms with E-state index in [9.17, 15) is 9.90 Å². The molecular weight excluding hydrogens is 228 g/mol. The van der Waals surface area contributed by atoms with Gasteiger partial charge in [-0.1, -0.05) is 13.8 Å². The number of unbranched alkanes of at least 4 members (excludes halogenated alkanes) is 1. The molecule has 0 aliphatic heterocycles. The number of nitrogens with zero attached hydrogens (tertiary/aromatic N) is 2. The maximum Gasteiger partial charge on any atom is 0.223 e. The van der Waals surface area contributed by atoms with E-state index in [-0.39, 0.29) is 11.2 Å². The molecular formula is C14H24N2O2. The Kier molecular flexibility index (Phi) is 5.92. The Morgan fingerprint density at radius 3 is 2.56 bits per heavy atom. The van der Waals surface area contributed by atoms with Crippen LogP contribution in [0.5, 0.6) is 5.75 Å². The highest BCUT2D eigenvalue weighted by atomic mass is 16.3. The summed E-state index contributed by atoms with van der Waals surface area (Å²) >= 11 is 0. The van der Waals surface area contributed by atoms with E-state index in [1.54, 1.807) is 13.1 Å². The van der Waals surface area contributed by atoms with Crippen LogP contribution in [0.15, 0.2) is 17.1 Å². The minimum absolute atomic E-state index is 0.124. The summed E-state index contributed by atoms with van der Waals surface area (Å²) in [5.74, 6) is -0.124. The molecule has 0 fully saturated rings. The maximum absolute atomic E-state index is 11.2. The molecule has 0 unspecified atom stereocenters. The summed E-state index contributed by atoms with van der Waals surface area (Å²) in [5, 5.41) is 9.57. The third kappa shape index (κ3) is 3.88. The standard InChI is InChI=1S/C14H24N2O2/c1-4-15(5-2)9-6-7-10-16-11-8-13(17)14(18)12(16)3/h8,11,18H,4-7,9-10H2,1-3H3. The number of aromatic hydroxyl groups is 1. The molecule has 4 nitrogen and oxygen atoms in total. The third-order valence-corrected chi connectivity index (χ3v) is 3.43. The molecule has 0 bridgehead atoms. The predicted molar refractivity (Wildman–Crippen MR) is 74.1 cm³/mol. The van der Waals surface area contributed by atoms with Crippen molar-refractivity contribution in [1.29, 1.82) is 0 Å². The molecule has 1 N–H and O–H groups in total. The lowest BCUT2D eigenvalue weighted by Crippen LogP contribution is -2.24. The predicted octanol–water partition coefficient (Wildman–Crippen LogP) is 1.98. The minimum Gasteiger partial charge on any atom is -0.503 e. The van der Waals surface area contributed by atoms with Crippen LogP contribution in [0, 0.1) is 6.92 Å². The van der Waals surface area contributed by atoms with Crippen molar-refractivity contribution in [3.63, 3.8) is 0 Å². The van der Waals surface area contributed by atoms with Crippen molar-refractivity contribution in [2.24, 2.45) is 0 Å². The third-order valence-electron chi connectivity index (χ3n) is 3.43. The number of aryl methyl sites for hydroxylation is 1. The highest BCUT2D eigenvalue weighted by Gasteiger charge is 2.05. The molecule has 0 aromatic carbocycles. The van der Waals surface area contributed by atoms with Crippen molar-refractivity contribution in [3.05, 3.63) is 28.2 Å². The van der Waals surface area contributed by atoms with Crippen molar-refractivity contribution < 1.29 is 5.11 Å². The van der Waals surface area contributed by atoms with Gasteiger partial charge in [0.15, 0.2) is 5.75 Å². The number of hydrogen-bond donors (Lipinski definition) is 1. The fourth-order valence-corrected chi connectivity index (χ4v) is 2.06. The van der Waals surface area contributed by atoms with Gasteiger partial charge in [-0.15, -0.1) is 0 Å². The van der Waals surface area contributed by atoms with Crippen LogP contribution in [0.1, 0.15) is 32.4 Å². The Bertz CT molecular complexity index is 422. The number of rotatable bonds is 7. The van der Waals surface area contributed by atoms with E-state index in [0.29, 0.717) is 5.69 Å². The first-order chi connectivity index (χ1) is 8.60. The van der Waals surface area contributed by atoms with Gasteiger partial charge >= 0.3 is 0 Å². The van der Waals surface area contributed by atoms with E-state index in [1.165, 1.54) is 6.07 Å². The molecule has 18 heavy (non-hydrogen) atoms.